The topological polar surface area (TPSA) is 65.0 Å². The van der Waals surface area contributed by atoms with Crippen LogP contribution < -0.4 is 0 Å². The Bertz CT molecular complexity index is 387. The van der Waals surface area contributed by atoms with Crippen molar-refractivity contribution in [3.63, 3.8) is 0 Å². The predicted octanol–water partition coefficient (Wildman–Crippen LogP) is 2.89. The van der Waals surface area contributed by atoms with Gasteiger partial charge in [-0.05, 0) is 43.9 Å². The highest BCUT2D eigenvalue weighted by Crippen LogP contribution is 2.36. The molecule has 0 aromatic rings. The van der Waals surface area contributed by atoms with Crippen LogP contribution in [0.2, 0.25) is 0 Å². The zero-order chi connectivity index (χ0) is 17.0. The highest BCUT2D eigenvalue weighted by Gasteiger charge is 2.39. The van der Waals surface area contributed by atoms with E-state index in [-0.39, 0.29) is 18.8 Å². The van der Waals surface area contributed by atoms with Gasteiger partial charge in [0, 0.05) is 6.42 Å². The van der Waals surface area contributed by atoms with E-state index >= 15 is 0 Å². The number of rotatable bonds is 6. The van der Waals surface area contributed by atoms with Crippen molar-refractivity contribution in [1.29, 1.82) is 0 Å². The van der Waals surface area contributed by atoms with Gasteiger partial charge in [-0.3, -0.25) is 0 Å². The molecule has 5 nitrogen and oxygen atoms in total. The van der Waals surface area contributed by atoms with Crippen LogP contribution >= 0.6 is 0 Å². The summed E-state index contributed by atoms with van der Waals surface area (Å²) in [6, 6.07) is 0. The van der Waals surface area contributed by atoms with Crippen LogP contribution in [0.25, 0.3) is 0 Å². The first-order chi connectivity index (χ1) is 10.8. The zero-order valence-corrected chi connectivity index (χ0v) is 14.9. The van der Waals surface area contributed by atoms with Crippen LogP contribution in [0.4, 0.5) is 0 Å². The minimum absolute atomic E-state index is 0.0864. The molecule has 1 N–H and O–H groups in total. The van der Waals surface area contributed by atoms with E-state index in [0.29, 0.717) is 37.4 Å². The van der Waals surface area contributed by atoms with Crippen molar-refractivity contribution in [3.05, 3.63) is 0 Å². The highest BCUT2D eigenvalue weighted by atomic mass is 16.7. The van der Waals surface area contributed by atoms with Crippen LogP contribution in [-0.4, -0.2) is 42.3 Å². The second-order valence-corrected chi connectivity index (χ2v) is 7.75. The fourth-order valence-corrected chi connectivity index (χ4v) is 3.59. The van der Waals surface area contributed by atoms with Crippen LogP contribution in [0.15, 0.2) is 0 Å². The van der Waals surface area contributed by atoms with Crippen LogP contribution in [-0.2, 0) is 19.0 Å². The average Bonchev–Trinajstić information content (AvgIpc) is 2.98. The predicted molar refractivity (Wildman–Crippen MR) is 86.8 cm³/mol. The van der Waals surface area contributed by atoms with Gasteiger partial charge in [-0.15, -0.1) is 0 Å². The Labute approximate surface area is 139 Å². The van der Waals surface area contributed by atoms with Crippen molar-refractivity contribution in [2.24, 2.45) is 17.8 Å². The van der Waals surface area contributed by atoms with Crippen molar-refractivity contribution in [2.75, 3.05) is 13.2 Å². The molecule has 1 saturated heterocycles. The van der Waals surface area contributed by atoms with Gasteiger partial charge in [-0.1, -0.05) is 27.2 Å². The Hall–Kier alpha value is -0.650. The molecule has 23 heavy (non-hydrogen) atoms. The molecule has 0 aromatic carbocycles. The van der Waals surface area contributed by atoms with Crippen LogP contribution in [0.5, 0.6) is 0 Å². The summed E-state index contributed by atoms with van der Waals surface area (Å²) in [7, 11) is 0. The monoisotopic (exact) mass is 328 g/mol. The third-order valence-electron chi connectivity index (χ3n) is 5.22. The second-order valence-electron chi connectivity index (χ2n) is 7.75. The number of ether oxygens (including phenoxy) is 3. The first-order valence-corrected chi connectivity index (χ1v) is 8.96. The molecular formula is C18H32O5. The van der Waals surface area contributed by atoms with E-state index in [1.165, 1.54) is 13.3 Å². The molecule has 2 aliphatic rings. The van der Waals surface area contributed by atoms with Gasteiger partial charge < -0.3 is 19.3 Å². The van der Waals surface area contributed by atoms with Crippen LogP contribution in [0, 0.1) is 17.8 Å². The van der Waals surface area contributed by atoms with Crippen molar-refractivity contribution < 1.29 is 24.1 Å². The van der Waals surface area contributed by atoms with Gasteiger partial charge in [-0.25, -0.2) is 4.79 Å². The molecule has 0 amide bonds. The number of hydrogen-bond donors (Lipinski definition) is 1. The summed E-state index contributed by atoms with van der Waals surface area (Å²) >= 11 is 0. The minimum Gasteiger partial charge on any atom is -0.460 e. The van der Waals surface area contributed by atoms with E-state index in [0.717, 1.165) is 12.8 Å². The normalized spacial score (nSPS) is 32.0. The molecule has 4 atom stereocenters. The minimum atomic E-state index is -1.49. The molecule has 0 spiro atoms. The van der Waals surface area contributed by atoms with Gasteiger partial charge in [0.05, 0.1) is 13.2 Å². The molecule has 0 bridgehead atoms. The van der Waals surface area contributed by atoms with Crippen molar-refractivity contribution in [1.82, 2.24) is 0 Å². The Balaban J connectivity index is 1.89. The molecule has 1 heterocycles. The number of hydrogen-bond acceptors (Lipinski definition) is 5. The van der Waals surface area contributed by atoms with Gasteiger partial charge >= 0.3 is 5.97 Å². The molecule has 0 unspecified atom stereocenters. The van der Waals surface area contributed by atoms with Gasteiger partial charge in [-0.2, -0.15) is 0 Å². The fraction of sp³-hybridized carbons (Fsp3) is 0.944. The fourth-order valence-electron chi connectivity index (χ4n) is 3.59. The Morgan fingerprint density at radius 2 is 1.96 bits per heavy atom. The molecule has 1 saturated carbocycles. The summed E-state index contributed by atoms with van der Waals surface area (Å²) in [4.78, 5) is 12.5. The molecular weight excluding hydrogens is 296 g/mol. The molecule has 5 heteroatoms. The molecule has 2 rings (SSSR count). The van der Waals surface area contributed by atoms with E-state index in [2.05, 4.69) is 20.8 Å². The number of carbonyl (C=O) groups is 1. The molecule has 0 radical (unpaired) electrons. The summed E-state index contributed by atoms with van der Waals surface area (Å²) in [5.41, 5.74) is -1.49. The maximum Gasteiger partial charge on any atom is 0.338 e. The lowest BCUT2D eigenvalue weighted by Gasteiger charge is -2.38. The van der Waals surface area contributed by atoms with Crippen molar-refractivity contribution in [2.45, 2.75) is 77.8 Å². The second kappa shape index (κ2) is 7.95. The quantitative estimate of drug-likeness (QED) is 0.760. The SMILES string of the molecule is CC(C)[C@@H]1CC[C@@H](C)C[C@H]1OC(=O)[C@@](C)(O)CCC1OCCO1. The summed E-state index contributed by atoms with van der Waals surface area (Å²) in [5.74, 6) is 0.909. The molecule has 1 aliphatic carbocycles. The van der Waals surface area contributed by atoms with Gasteiger partial charge in [0.25, 0.3) is 0 Å². The maximum absolute atomic E-state index is 12.5. The van der Waals surface area contributed by atoms with E-state index < -0.39 is 11.6 Å². The largest absolute Gasteiger partial charge is 0.460 e. The van der Waals surface area contributed by atoms with Gasteiger partial charge in [0.15, 0.2) is 11.9 Å². The lowest BCUT2D eigenvalue weighted by molar-refractivity contribution is -0.178. The lowest BCUT2D eigenvalue weighted by atomic mass is 9.75. The zero-order valence-electron chi connectivity index (χ0n) is 14.9. The first-order valence-electron chi connectivity index (χ1n) is 8.96. The standard InChI is InChI=1S/C18H32O5/c1-12(2)14-6-5-13(3)11-15(14)23-17(19)18(4,20)8-7-16-21-9-10-22-16/h12-16,20H,5-11H2,1-4H3/t13-,14+,15-,18+/m1/s1. The number of aliphatic hydroxyl groups is 1. The Morgan fingerprint density at radius 1 is 1.30 bits per heavy atom. The highest BCUT2D eigenvalue weighted by molar-refractivity contribution is 5.78. The summed E-state index contributed by atoms with van der Waals surface area (Å²) in [6.07, 6.45) is 3.54. The molecule has 0 aromatic heterocycles. The average molecular weight is 328 g/mol. The van der Waals surface area contributed by atoms with Gasteiger partial charge in [0.2, 0.25) is 0 Å². The van der Waals surface area contributed by atoms with Crippen LogP contribution in [0.1, 0.15) is 59.8 Å². The van der Waals surface area contributed by atoms with E-state index in [1.807, 2.05) is 0 Å². The molecule has 2 fully saturated rings. The molecule has 1 aliphatic heterocycles. The smallest absolute Gasteiger partial charge is 0.338 e. The van der Waals surface area contributed by atoms with Gasteiger partial charge in [0.1, 0.15) is 6.10 Å². The summed E-state index contributed by atoms with van der Waals surface area (Å²) < 4.78 is 16.5. The third kappa shape index (κ3) is 5.16. The molecule has 134 valence electrons. The number of esters is 1. The third-order valence-corrected chi connectivity index (χ3v) is 5.22. The summed E-state index contributed by atoms with van der Waals surface area (Å²) in [6.45, 7) is 9.23. The Kier molecular flexibility index (Phi) is 6.46. The van der Waals surface area contributed by atoms with E-state index in [9.17, 15) is 9.90 Å². The van der Waals surface area contributed by atoms with Crippen molar-refractivity contribution in [3.8, 4) is 0 Å². The maximum atomic E-state index is 12.5. The Morgan fingerprint density at radius 3 is 2.57 bits per heavy atom. The lowest BCUT2D eigenvalue weighted by Crippen LogP contribution is -2.43. The van der Waals surface area contributed by atoms with E-state index in [4.69, 9.17) is 14.2 Å². The van der Waals surface area contributed by atoms with Crippen LogP contribution in [0.3, 0.4) is 0 Å². The first kappa shape index (κ1) is 18.7. The number of carbonyl (C=O) groups excluding carboxylic acids is 1. The summed E-state index contributed by atoms with van der Waals surface area (Å²) in [5, 5.41) is 10.5. The van der Waals surface area contributed by atoms with Crippen molar-refractivity contribution >= 4 is 5.97 Å². The van der Waals surface area contributed by atoms with E-state index in [1.54, 1.807) is 0 Å².